The van der Waals surface area contributed by atoms with Crippen LogP contribution in [-0.4, -0.2) is 53.9 Å². The Bertz CT molecular complexity index is 707. The summed E-state index contributed by atoms with van der Waals surface area (Å²) in [6.07, 6.45) is 0.998. The van der Waals surface area contributed by atoms with Crippen molar-refractivity contribution in [3.8, 4) is 10.6 Å². The number of thiazole rings is 1. The largest absolute Gasteiger partial charge is 0.340 e. The van der Waals surface area contributed by atoms with Crippen molar-refractivity contribution in [1.82, 2.24) is 14.8 Å². The van der Waals surface area contributed by atoms with E-state index in [1.165, 1.54) is 16.9 Å². The molecule has 0 aliphatic carbocycles. The maximum Gasteiger partial charge on any atom is 0.265 e. The summed E-state index contributed by atoms with van der Waals surface area (Å²) in [6, 6.07) is 8.41. The molecular formula is C20H29N3OS. The van der Waals surface area contributed by atoms with Crippen LogP contribution in [0.2, 0.25) is 0 Å². The van der Waals surface area contributed by atoms with E-state index in [-0.39, 0.29) is 5.91 Å². The third-order valence-electron chi connectivity index (χ3n) is 4.57. The molecule has 1 aromatic carbocycles. The van der Waals surface area contributed by atoms with Gasteiger partial charge in [-0.2, -0.15) is 0 Å². The molecule has 2 rings (SSSR count). The fourth-order valence-electron chi connectivity index (χ4n) is 2.75. The van der Waals surface area contributed by atoms with Crippen LogP contribution in [0.4, 0.5) is 0 Å². The highest BCUT2D eigenvalue weighted by molar-refractivity contribution is 7.17. The number of hydrogen-bond acceptors (Lipinski definition) is 4. The van der Waals surface area contributed by atoms with E-state index < -0.39 is 0 Å². The molecule has 0 spiro atoms. The van der Waals surface area contributed by atoms with Crippen molar-refractivity contribution >= 4 is 17.2 Å². The first-order valence-corrected chi connectivity index (χ1v) is 9.86. The molecule has 0 N–H and O–H groups in total. The standard InChI is InChI=1S/C20H29N3OS/c1-6-16-10-9-11-17(14-16)19-21-15(4)18(25-19)20(24)22(5)12-13-23(7-2)8-3/h9-11,14H,6-8,12-13H2,1-5H3. The zero-order valence-corrected chi connectivity index (χ0v) is 16.8. The minimum Gasteiger partial charge on any atom is -0.340 e. The number of carbonyl (C=O) groups is 1. The normalized spacial score (nSPS) is 11.1. The van der Waals surface area contributed by atoms with Gasteiger partial charge in [-0.15, -0.1) is 11.3 Å². The molecule has 25 heavy (non-hydrogen) atoms. The van der Waals surface area contributed by atoms with Crippen molar-refractivity contribution in [2.45, 2.75) is 34.1 Å². The topological polar surface area (TPSA) is 36.4 Å². The Morgan fingerprint density at radius 2 is 1.88 bits per heavy atom. The van der Waals surface area contributed by atoms with E-state index in [0.29, 0.717) is 0 Å². The molecule has 0 bridgehead atoms. The summed E-state index contributed by atoms with van der Waals surface area (Å²) in [5, 5.41) is 0.924. The monoisotopic (exact) mass is 359 g/mol. The van der Waals surface area contributed by atoms with Crippen LogP contribution in [-0.2, 0) is 6.42 Å². The van der Waals surface area contributed by atoms with Gasteiger partial charge in [0.25, 0.3) is 5.91 Å². The van der Waals surface area contributed by atoms with Crippen molar-refractivity contribution in [1.29, 1.82) is 0 Å². The minimum absolute atomic E-state index is 0.0695. The maximum atomic E-state index is 12.8. The predicted octanol–water partition coefficient (Wildman–Crippen LogP) is 4.09. The van der Waals surface area contributed by atoms with Gasteiger partial charge in [-0.25, -0.2) is 4.98 Å². The Morgan fingerprint density at radius 3 is 2.52 bits per heavy atom. The molecule has 1 amide bonds. The lowest BCUT2D eigenvalue weighted by Gasteiger charge is -2.22. The first-order valence-electron chi connectivity index (χ1n) is 9.04. The predicted molar refractivity (Wildman–Crippen MR) is 106 cm³/mol. The minimum atomic E-state index is 0.0695. The van der Waals surface area contributed by atoms with Crippen LogP contribution in [0.1, 0.15) is 41.7 Å². The second-order valence-electron chi connectivity index (χ2n) is 6.24. The lowest BCUT2D eigenvalue weighted by Crippen LogP contribution is -2.36. The number of aryl methyl sites for hydroxylation is 2. The quantitative estimate of drug-likeness (QED) is 0.712. The molecule has 1 heterocycles. The van der Waals surface area contributed by atoms with E-state index in [9.17, 15) is 4.79 Å². The lowest BCUT2D eigenvalue weighted by molar-refractivity contribution is 0.0783. The summed E-state index contributed by atoms with van der Waals surface area (Å²) in [4.78, 5) is 22.3. The SMILES string of the molecule is CCc1cccc(-c2nc(C)c(C(=O)N(C)CCN(CC)CC)s2)c1. The molecular weight excluding hydrogens is 330 g/mol. The molecule has 0 saturated heterocycles. The van der Waals surface area contributed by atoms with Crippen molar-refractivity contribution in [3.05, 3.63) is 40.4 Å². The Kier molecular flexibility index (Phi) is 7.14. The van der Waals surface area contributed by atoms with E-state index in [0.717, 1.165) is 53.7 Å². The highest BCUT2D eigenvalue weighted by Gasteiger charge is 2.20. The molecule has 1 aromatic heterocycles. The Hall–Kier alpha value is -1.72. The molecule has 4 nitrogen and oxygen atoms in total. The van der Waals surface area contributed by atoms with Crippen LogP contribution in [0.5, 0.6) is 0 Å². The fraction of sp³-hybridized carbons (Fsp3) is 0.500. The number of benzene rings is 1. The second kappa shape index (κ2) is 9.11. The molecule has 0 saturated carbocycles. The molecule has 0 unspecified atom stereocenters. The van der Waals surface area contributed by atoms with Gasteiger partial charge in [-0.05, 0) is 38.1 Å². The van der Waals surface area contributed by atoms with Crippen LogP contribution in [0.3, 0.4) is 0 Å². The zero-order chi connectivity index (χ0) is 18.4. The number of nitrogens with zero attached hydrogens (tertiary/aromatic N) is 3. The van der Waals surface area contributed by atoms with Crippen LogP contribution >= 0.6 is 11.3 Å². The van der Waals surface area contributed by atoms with E-state index >= 15 is 0 Å². The second-order valence-corrected chi connectivity index (χ2v) is 7.24. The van der Waals surface area contributed by atoms with Crippen molar-refractivity contribution in [3.63, 3.8) is 0 Å². The average molecular weight is 360 g/mol. The third kappa shape index (κ3) is 4.89. The average Bonchev–Trinajstić information content (AvgIpc) is 3.03. The molecule has 0 fully saturated rings. The van der Waals surface area contributed by atoms with Crippen LogP contribution in [0, 0.1) is 6.92 Å². The number of likely N-dealkylation sites (N-methyl/N-ethyl adjacent to an activating group) is 2. The number of aromatic nitrogens is 1. The highest BCUT2D eigenvalue weighted by atomic mass is 32.1. The molecule has 2 aromatic rings. The van der Waals surface area contributed by atoms with E-state index in [1.54, 1.807) is 0 Å². The van der Waals surface area contributed by atoms with E-state index in [4.69, 9.17) is 0 Å². The smallest absolute Gasteiger partial charge is 0.265 e. The summed E-state index contributed by atoms with van der Waals surface area (Å²) in [5.41, 5.74) is 3.20. The first-order chi connectivity index (χ1) is 12.0. The Labute approximate surface area is 155 Å². The number of carbonyl (C=O) groups excluding carboxylic acids is 1. The van der Waals surface area contributed by atoms with Crippen molar-refractivity contribution in [2.75, 3.05) is 33.2 Å². The first kappa shape index (κ1) is 19.6. The van der Waals surface area contributed by atoms with Gasteiger partial charge < -0.3 is 9.80 Å². The van der Waals surface area contributed by atoms with Gasteiger partial charge in [0.15, 0.2) is 0 Å². The summed E-state index contributed by atoms with van der Waals surface area (Å²) in [7, 11) is 1.88. The van der Waals surface area contributed by atoms with Gasteiger partial charge in [0.2, 0.25) is 0 Å². The van der Waals surface area contributed by atoms with E-state index in [2.05, 4.69) is 54.9 Å². The molecule has 0 radical (unpaired) electrons. The summed E-state index contributed by atoms with van der Waals surface area (Å²) < 4.78 is 0. The molecule has 0 aliphatic rings. The molecule has 136 valence electrons. The van der Waals surface area contributed by atoms with Gasteiger partial charge >= 0.3 is 0 Å². The van der Waals surface area contributed by atoms with Gasteiger partial charge in [-0.1, -0.05) is 39.0 Å². The maximum absolute atomic E-state index is 12.8. The lowest BCUT2D eigenvalue weighted by atomic mass is 10.1. The summed E-state index contributed by atoms with van der Waals surface area (Å²) in [5.74, 6) is 0.0695. The van der Waals surface area contributed by atoms with Crippen LogP contribution in [0.25, 0.3) is 10.6 Å². The van der Waals surface area contributed by atoms with Gasteiger partial charge in [0.05, 0.1) is 5.69 Å². The highest BCUT2D eigenvalue weighted by Crippen LogP contribution is 2.29. The van der Waals surface area contributed by atoms with Crippen molar-refractivity contribution in [2.24, 2.45) is 0 Å². The fourth-order valence-corrected chi connectivity index (χ4v) is 3.81. The van der Waals surface area contributed by atoms with Crippen LogP contribution in [0.15, 0.2) is 24.3 Å². The molecule has 0 atom stereocenters. The Balaban J connectivity index is 2.14. The third-order valence-corrected chi connectivity index (χ3v) is 5.76. The molecule has 0 aliphatic heterocycles. The Morgan fingerprint density at radius 1 is 1.16 bits per heavy atom. The van der Waals surface area contributed by atoms with Gasteiger partial charge in [-0.3, -0.25) is 4.79 Å². The summed E-state index contributed by atoms with van der Waals surface area (Å²) in [6.45, 7) is 12.0. The number of hydrogen-bond donors (Lipinski definition) is 0. The van der Waals surface area contributed by atoms with Crippen LogP contribution < -0.4 is 0 Å². The van der Waals surface area contributed by atoms with Crippen molar-refractivity contribution < 1.29 is 4.79 Å². The summed E-state index contributed by atoms with van der Waals surface area (Å²) >= 11 is 1.50. The zero-order valence-electron chi connectivity index (χ0n) is 16.0. The van der Waals surface area contributed by atoms with Gasteiger partial charge in [0, 0.05) is 25.7 Å². The van der Waals surface area contributed by atoms with E-state index in [1.807, 2.05) is 18.9 Å². The molecule has 5 heteroatoms. The number of amides is 1. The number of rotatable bonds is 8. The van der Waals surface area contributed by atoms with Gasteiger partial charge in [0.1, 0.15) is 9.88 Å².